The van der Waals surface area contributed by atoms with Gasteiger partial charge in [-0.2, -0.15) is 13.2 Å². The molecule has 122 valence electrons. The van der Waals surface area contributed by atoms with Gasteiger partial charge in [-0.25, -0.2) is 0 Å². The van der Waals surface area contributed by atoms with Crippen LogP contribution in [0.15, 0.2) is 23.5 Å². The minimum atomic E-state index is -4.19. The van der Waals surface area contributed by atoms with Crippen molar-refractivity contribution in [2.24, 2.45) is 5.29 Å². The summed E-state index contributed by atoms with van der Waals surface area (Å²) in [7, 11) is 0. The van der Waals surface area contributed by atoms with Crippen molar-refractivity contribution in [2.45, 2.75) is 6.18 Å². The zero-order valence-corrected chi connectivity index (χ0v) is 11.6. The van der Waals surface area contributed by atoms with Gasteiger partial charge in [-0.1, -0.05) is 0 Å². The molecule has 1 aliphatic heterocycles. The summed E-state index contributed by atoms with van der Waals surface area (Å²) in [5.74, 6) is 0. The summed E-state index contributed by atoms with van der Waals surface area (Å²) in [5, 5.41) is 11.7. The molecule has 3 N–H and O–H groups in total. The Kier molecular flexibility index (Phi) is 4.71. The highest BCUT2D eigenvalue weighted by Gasteiger charge is 2.32. The van der Waals surface area contributed by atoms with Crippen LogP contribution in [0.25, 0.3) is 0 Å². The average molecular weight is 319 g/mol. The molecule has 10 heteroatoms. The van der Waals surface area contributed by atoms with Gasteiger partial charge in [0.15, 0.2) is 0 Å². The molecule has 0 saturated carbocycles. The Morgan fingerprint density at radius 3 is 2.41 bits per heavy atom. The maximum atomic E-state index is 12.3. The lowest BCUT2D eigenvalue weighted by Gasteiger charge is -2.36. The molecule has 0 radical (unpaired) electrons. The zero-order chi connectivity index (χ0) is 16.3. The normalized spacial score (nSPS) is 16.6. The molecule has 0 bridgehead atoms. The molecule has 0 amide bonds. The maximum absolute atomic E-state index is 12.3. The largest absolute Gasteiger partial charge is 0.401 e. The van der Waals surface area contributed by atoms with Crippen LogP contribution in [0.4, 0.5) is 30.2 Å². The van der Waals surface area contributed by atoms with Crippen LogP contribution >= 0.6 is 0 Å². The summed E-state index contributed by atoms with van der Waals surface area (Å²) in [6, 6.07) is 4.59. The number of rotatable bonds is 4. The highest BCUT2D eigenvalue weighted by molar-refractivity contribution is 5.72. The van der Waals surface area contributed by atoms with E-state index in [1.54, 1.807) is 12.1 Å². The molecular weight excluding hydrogens is 303 g/mol. The number of nitrogen functional groups attached to an aromatic ring is 1. The molecule has 0 unspecified atom stereocenters. The smallest absolute Gasteiger partial charge is 0.397 e. The average Bonchev–Trinajstić information content (AvgIpc) is 2.45. The second-order valence-electron chi connectivity index (χ2n) is 4.99. The summed E-state index contributed by atoms with van der Waals surface area (Å²) in [4.78, 5) is 13.5. The van der Waals surface area contributed by atoms with Crippen molar-refractivity contribution >= 4 is 17.1 Å². The van der Waals surface area contributed by atoms with Crippen LogP contribution in [-0.2, 0) is 0 Å². The molecule has 0 aromatic heterocycles. The Labute approximate surface area is 124 Å². The fourth-order valence-corrected chi connectivity index (χ4v) is 2.38. The fourth-order valence-electron chi connectivity index (χ4n) is 2.38. The van der Waals surface area contributed by atoms with Crippen molar-refractivity contribution in [3.63, 3.8) is 0 Å². The minimum absolute atomic E-state index is 0.0504. The van der Waals surface area contributed by atoms with Crippen molar-refractivity contribution in [1.29, 1.82) is 0 Å². The van der Waals surface area contributed by atoms with Gasteiger partial charge in [0.1, 0.15) is 5.69 Å². The van der Waals surface area contributed by atoms with E-state index in [2.05, 4.69) is 5.29 Å². The Bertz CT molecular complexity index is 532. The van der Waals surface area contributed by atoms with Crippen molar-refractivity contribution in [3.05, 3.63) is 23.1 Å². The highest BCUT2D eigenvalue weighted by Crippen LogP contribution is 2.28. The number of hydrogen-bond donors (Lipinski definition) is 2. The minimum Gasteiger partial charge on any atom is -0.397 e. The van der Waals surface area contributed by atoms with Gasteiger partial charge < -0.3 is 10.6 Å². The van der Waals surface area contributed by atoms with Gasteiger partial charge in [0.05, 0.1) is 17.5 Å². The number of nitrogens with two attached hydrogens (primary N) is 1. The predicted octanol–water partition coefficient (Wildman–Crippen LogP) is 1.83. The second kappa shape index (κ2) is 6.36. The van der Waals surface area contributed by atoms with Gasteiger partial charge in [0, 0.05) is 31.9 Å². The first-order chi connectivity index (χ1) is 10.3. The molecular formula is C12H16F3N5O2. The molecule has 0 atom stereocenters. The van der Waals surface area contributed by atoms with Crippen molar-refractivity contribution in [1.82, 2.24) is 4.90 Å². The van der Waals surface area contributed by atoms with Gasteiger partial charge >= 0.3 is 6.18 Å². The first-order valence-corrected chi connectivity index (χ1v) is 6.56. The van der Waals surface area contributed by atoms with E-state index in [0.29, 0.717) is 31.9 Å². The Balaban J connectivity index is 2.00. The third kappa shape index (κ3) is 3.98. The van der Waals surface area contributed by atoms with Crippen LogP contribution < -0.4 is 15.8 Å². The van der Waals surface area contributed by atoms with Gasteiger partial charge in [0.2, 0.25) is 0 Å². The topological polar surface area (TPSA) is 85.4 Å². The molecule has 1 aromatic rings. The molecule has 1 fully saturated rings. The number of alkyl halides is 3. The SMILES string of the molecule is Nc1cc(N2CCN(CC(F)(F)F)CC2)ccc1N(O)N=O. The Morgan fingerprint density at radius 2 is 1.91 bits per heavy atom. The molecule has 22 heavy (non-hydrogen) atoms. The molecule has 2 rings (SSSR count). The summed E-state index contributed by atoms with van der Waals surface area (Å²) >= 11 is 0. The lowest BCUT2D eigenvalue weighted by atomic mass is 10.2. The number of hydrogen-bond acceptors (Lipinski definition) is 6. The maximum Gasteiger partial charge on any atom is 0.401 e. The van der Waals surface area contributed by atoms with Crippen LogP contribution in [0.3, 0.4) is 0 Å². The van der Waals surface area contributed by atoms with Crippen LogP contribution in [0, 0.1) is 4.91 Å². The number of benzene rings is 1. The molecule has 1 heterocycles. The third-order valence-corrected chi connectivity index (χ3v) is 3.44. The highest BCUT2D eigenvalue weighted by atomic mass is 19.4. The zero-order valence-electron chi connectivity index (χ0n) is 11.6. The summed E-state index contributed by atoms with van der Waals surface area (Å²) in [6.45, 7) is 0.548. The summed E-state index contributed by atoms with van der Waals surface area (Å²) < 4.78 is 37.0. The second-order valence-corrected chi connectivity index (χ2v) is 4.99. The molecule has 1 aromatic carbocycles. The summed E-state index contributed by atoms with van der Waals surface area (Å²) in [6.07, 6.45) is -4.19. The van der Waals surface area contributed by atoms with Crippen molar-refractivity contribution < 1.29 is 18.4 Å². The van der Waals surface area contributed by atoms with Gasteiger partial charge in [-0.15, -0.1) is 10.1 Å². The van der Waals surface area contributed by atoms with E-state index in [1.165, 1.54) is 11.0 Å². The number of anilines is 3. The van der Waals surface area contributed by atoms with Crippen molar-refractivity contribution in [2.75, 3.05) is 48.5 Å². The first kappa shape index (κ1) is 16.3. The number of halogens is 3. The van der Waals surface area contributed by atoms with Crippen LogP contribution in [-0.4, -0.2) is 49.0 Å². The number of nitroso groups, excluding NO2 is 1. The van der Waals surface area contributed by atoms with E-state index in [9.17, 15) is 23.3 Å². The lowest BCUT2D eigenvalue weighted by molar-refractivity contribution is -0.146. The van der Waals surface area contributed by atoms with Crippen LogP contribution in [0.2, 0.25) is 0 Å². The van der Waals surface area contributed by atoms with E-state index >= 15 is 0 Å². The van der Waals surface area contributed by atoms with Gasteiger partial charge in [0.25, 0.3) is 0 Å². The quantitative estimate of drug-likeness (QED) is 0.500. The van der Waals surface area contributed by atoms with Gasteiger partial charge in [-0.05, 0) is 18.2 Å². The molecule has 1 saturated heterocycles. The number of piperazine rings is 1. The van der Waals surface area contributed by atoms with E-state index < -0.39 is 12.7 Å². The Morgan fingerprint density at radius 1 is 1.27 bits per heavy atom. The van der Waals surface area contributed by atoms with Crippen molar-refractivity contribution in [3.8, 4) is 0 Å². The molecule has 7 nitrogen and oxygen atoms in total. The van der Waals surface area contributed by atoms with Crippen LogP contribution in [0.5, 0.6) is 0 Å². The standard InChI is InChI=1S/C12H16F3N5O2/c13-12(14,15)8-18-3-5-19(6-4-18)9-1-2-11(10(16)7-9)20(22)17-21/h1-2,7,22H,3-6,8,16H2. The van der Waals surface area contributed by atoms with Gasteiger partial charge in [-0.3, -0.25) is 10.1 Å². The fraction of sp³-hybridized carbons (Fsp3) is 0.500. The monoisotopic (exact) mass is 319 g/mol. The molecule has 1 aliphatic rings. The van der Waals surface area contributed by atoms with E-state index in [4.69, 9.17) is 5.73 Å². The predicted molar refractivity (Wildman–Crippen MR) is 75.6 cm³/mol. The lowest BCUT2D eigenvalue weighted by Crippen LogP contribution is -2.49. The van der Waals surface area contributed by atoms with E-state index in [0.717, 1.165) is 0 Å². The molecule has 0 spiro atoms. The first-order valence-electron chi connectivity index (χ1n) is 6.56. The van der Waals surface area contributed by atoms with E-state index in [-0.39, 0.29) is 16.5 Å². The molecule has 0 aliphatic carbocycles. The van der Waals surface area contributed by atoms with E-state index in [1.807, 2.05) is 4.90 Å². The van der Waals surface area contributed by atoms with Crippen LogP contribution in [0.1, 0.15) is 0 Å². The number of nitrogens with zero attached hydrogens (tertiary/aromatic N) is 4. The summed E-state index contributed by atoms with van der Waals surface area (Å²) in [5.41, 5.74) is 6.64. The third-order valence-electron chi connectivity index (χ3n) is 3.44. The Hall–Kier alpha value is -2.07.